The Hall–Kier alpha value is -6.43. The van der Waals surface area contributed by atoms with Crippen molar-refractivity contribution in [3.8, 4) is 51.0 Å². The van der Waals surface area contributed by atoms with E-state index >= 15 is 0 Å². The minimum atomic E-state index is 0.647. The van der Waals surface area contributed by atoms with Gasteiger partial charge in [0.1, 0.15) is 0 Å². The molecular formula is C45H28N4S. The quantitative estimate of drug-likeness (QED) is 0.185. The molecule has 0 aliphatic rings. The minimum Gasteiger partial charge on any atom is -0.309 e. The second-order valence-electron chi connectivity index (χ2n) is 12.5. The molecule has 3 aromatic heterocycles. The molecular weight excluding hydrogens is 629 g/mol. The van der Waals surface area contributed by atoms with Crippen molar-refractivity contribution in [1.29, 1.82) is 0 Å². The van der Waals surface area contributed by atoms with Crippen LogP contribution in [-0.2, 0) is 0 Å². The summed E-state index contributed by atoms with van der Waals surface area (Å²) in [6.45, 7) is 0. The topological polar surface area (TPSA) is 43.6 Å². The van der Waals surface area contributed by atoms with Crippen LogP contribution >= 0.6 is 11.3 Å². The van der Waals surface area contributed by atoms with Gasteiger partial charge in [-0.2, -0.15) is 0 Å². The van der Waals surface area contributed by atoms with Crippen molar-refractivity contribution in [1.82, 2.24) is 19.5 Å². The van der Waals surface area contributed by atoms with Gasteiger partial charge in [-0.05, 0) is 47.5 Å². The minimum absolute atomic E-state index is 0.647. The van der Waals surface area contributed by atoms with Gasteiger partial charge < -0.3 is 4.57 Å². The molecule has 7 aromatic carbocycles. The first-order chi connectivity index (χ1) is 24.8. The zero-order valence-corrected chi connectivity index (χ0v) is 27.7. The third-order valence-electron chi connectivity index (χ3n) is 9.45. The van der Waals surface area contributed by atoms with E-state index < -0.39 is 0 Å². The Morgan fingerprint density at radius 2 is 0.960 bits per heavy atom. The van der Waals surface area contributed by atoms with Gasteiger partial charge in [-0.25, -0.2) is 15.0 Å². The lowest BCUT2D eigenvalue weighted by molar-refractivity contribution is 1.07. The number of fused-ring (bicyclic) bond motifs is 7. The fraction of sp³-hybridized carbons (Fsp3) is 0. The Balaban J connectivity index is 1.09. The van der Waals surface area contributed by atoms with E-state index in [2.05, 4.69) is 114 Å². The van der Waals surface area contributed by atoms with E-state index in [9.17, 15) is 0 Å². The van der Waals surface area contributed by atoms with Crippen molar-refractivity contribution in [3.05, 3.63) is 170 Å². The predicted octanol–water partition coefficient (Wildman–Crippen LogP) is 12.0. The van der Waals surface area contributed by atoms with Gasteiger partial charge in [0, 0.05) is 53.3 Å². The summed E-state index contributed by atoms with van der Waals surface area (Å²) >= 11 is 1.86. The number of benzene rings is 7. The first-order valence-electron chi connectivity index (χ1n) is 16.7. The van der Waals surface area contributed by atoms with Crippen LogP contribution in [0.5, 0.6) is 0 Å². The summed E-state index contributed by atoms with van der Waals surface area (Å²) < 4.78 is 5.06. The normalized spacial score (nSPS) is 11.6. The molecule has 0 unspecified atom stereocenters. The molecule has 0 atom stereocenters. The number of hydrogen-bond donors (Lipinski definition) is 0. The largest absolute Gasteiger partial charge is 0.309 e. The van der Waals surface area contributed by atoms with E-state index in [0.29, 0.717) is 17.5 Å². The van der Waals surface area contributed by atoms with Crippen LogP contribution in [0.4, 0.5) is 0 Å². The van der Waals surface area contributed by atoms with Crippen LogP contribution in [0.25, 0.3) is 93.0 Å². The number of para-hydroxylation sites is 1. The van der Waals surface area contributed by atoms with Crippen LogP contribution in [0.1, 0.15) is 0 Å². The third-order valence-corrected chi connectivity index (χ3v) is 10.6. The van der Waals surface area contributed by atoms with Gasteiger partial charge in [-0.15, -0.1) is 11.3 Å². The zero-order chi connectivity index (χ0) is 33.0. The van der Waals surface area contributed by atoms with E-state index in [4.69, 9.17) is 15.0 Å². The number of nitrogens with zero attached hydrogens (tertiary/aromatic N) is 4. The second kappa shape index (κ2) is 11.6. The van der Waals surface area contributed by atoms with Crippen LogP contribution in [0.15, 0.2) is 170 Å². The summed E-state index contributed by atoms with van der Waals surface area (Å²) in [4.78, 5) is 14.8. The fourth-order valence-electron chi connectivity index (χ4n) is 7.11. The molecule has 50 heavy (non-hydrogen) atoms. The number of hydrogen-bond acceptors (Lipinski definition) is 4. The van der Waals surface area contributed by atoms with Gasteiger partial charge in [-0.1, -0.05) is 133 Å². The van der Waals surface area contributed by atoms with Crippen LogP contribution in [0.2, 0.25) is 0 Å². The van der Waals surface area contributed by atoms with Crippen LogP contribution in [0.3, 0.4) is 0 Å². The van der Waals surface area contributed by atoms with Gasteiger partial charge in [0.15, 0.2) is 17.5 Å². The van der Waals surface area contributed by atoms with Crippen LogP contribution in [0, 0.1) is 0 Å². The lowest BCUT2D eigenvalue weighted by atomic mass is 10.0. The van der Waals surface area contributed by atoms with Gasteiger partial charge in [0.05, 0.1) is 11.0 Å². The maximum absolute atomic E-state index is 4.96. The molecule has 3 heterocycles. The highest BCUT2D eigenvalue weighted by Gasteiger charge is 2.18. The number of thiophene rings is 1. The Morgan fingerprint density at radius 1 is 0.380 bits per heavy atom. The fourth-order valence-corrected chi connectivity index (χ4v) is 8.22. The van der Waals surface area contributed by atoms with Gasteiger partial charge >= 0.3 is 0 Å². The van der Waals surface area contributed by atoms with Crippen molar-refractivity contribution in [2.45, 2.75) is 0 Å². The Kier molecular flexibility index (Phi) is 6.64. The molecule has 0 saturated heterocycles. The predicted molar refractivity (Wildman–Crippen MR) is 209 cm³/mol. The average Bonchev–Trinajstić information content (AvgIpc) is 3.74. The van der Waals surface area contributed by atoms with Crippen molar-refractivity contribution >= 4 is 53.3 Å². The molecule has 0 bridgehead atoms. The SMILES string of the molecule is c1ccc(-c2nc(-c3ccccc3)nc(-c3cccc(-c4ccc(-n5c6ccccc6c6ccc7sc8ccccc8c7c65)cc4)c3)n2)cc1. The van der Waals surface area contributed by atoms with E-state index in [-0.39, 0.29) is 0 Å². The Morgan fingerprint density at radius 3 is 1.68 bits per heavy atom. The van der Waals surface area contributed by atoms with Crippen molar-refractivity contribution in [2.75, 3.05) is 0 Å². The highest BCUT2D eigenvalue weighted by atomic mass is 32.1. The summed E-state index contributed by atoms with van der Waals surface area (Å²) in [7, 11) is 0. The number of rotatable bonds is 5. The molecule has 10 aromatic rings. The lowest BCUT2D eigenvalue weighted by Gasteiger charge is -2.11. The monoisotopic (exact) mass is 656 g/mol. The van der Waals surface area contributed by atoms with E-state index in [1.165, 1.54) is 42.0 Å². The zero-order valence-electron chi connectivity index (χ0n) is 26.9. The van der Waals surface area contributed by atoms with Crippen molar-refractivity contribution < 1.29 is 0 Å². The van der Waals surface area contributed by atoms with Crippen LogP contribution in [-0.4, -0.2) is 19.5 Å². The molecule has 0 N–H and O–H groups in total. The molecule has 4 nitrogen and oxygen atoms in total. The first kappa shape index (κ1) is 28.6. The van der Waals surface area contributed by atoms with E-state index in [0.717, 1.165) is 33.5 Å². The summed E-state index contributed by atoms with van der Waals surface area (Å²) in [6, 6.07) is 59.7. The van der Waals surface area contributed by atoms with E-state index in [1.807, 2.05) is 72.0 Å². The summed E-state index contributed by atoms with van der Waals surface area (Å²) in [5.74, 6) is 1.96. The lowest BCUT2D eigenvalue weighted by Crippen LogP contribution is -2.00. The molecule has 0 spiro atoms. The summed E-state index contributed by atoms with van der Waals surface area (Å²) in [5, 5.41) is 5.16. The summed E-state index contributed by atoms with van der Waals surface area (Å²) in [5.41, 5.74) is 8.69. The van der Waals surface area contributed by atoms with Gasteiger partial charge in [-0.3, -0.25) is 0 Å². The summed E-state index contributed by atoms with van der Waals surface area (Å²) in [6.07, 6.45) is 0. The molecule has 0 aliphatic carbocycles. The molecule has 0 aliphatic heterocycles. The number of aromatic nitrogens is 4. The van der Waals surface area contributed by atoms with Gasteiger partial charge in [0.25, 0.3) is 0 Å². The van der Waals surface area contributed by atoms with Crippen molar-refractivity contribution in [3.63, 3.8) is 0 Å². The molecule has 10 rings (SSSR count). The van der Waals surface area contributed by atoms with Crippen LogP contribution < -0.4 is 0 Å². The second-order valence-corrected chi connectivity index (χ2v) is 13.5. The van der Waals surface area contributed by atoms with Crippen molar-refractivity contribution in [2.24, 2.45) is 0 Å². The first-order valence-corrected chi connectivity index (χ1v) is 17.5. The maximum Gasteiger partial charge on any atom is 0.164 e. The molecule has 0 radical (unpaired) electrons. The van der Waals surface area contributed by atoms with E-state index in [1.54, 1.807) is 0 Å². The molecule has 234 valence electrons. The molecule has 0 saturated carbocycles. The molecule has 5 heteroatoms. The molecule has 0 fully saturated rings. The smallest absolute Gasteiger partial charge is 0.164 e. The third kappa shape index (κ3) is 4.71. The van der Waals surface area contributed by atoms with Gasteiger partial charge in [0.2, 0.25) is 0 Å². The average molecular weight is 657 g/mol. The standard InChI is InChI=1S/C45H28N4S/c1-3-12-30(13-4-1)43-46-44(31-14-5-2-6-15-31)48-45(47-43)33-17-11-16-32(28-33)29-22-24-34(25-23-29)49-38-20-9-7-18-35(38)36-26-27-40-41(42(36)49)37-19-8-10-21-39(37)50-40/h1-28H. The Bertz CT molecular complexity index is 2800. The maximum atomic E-state index is 4.96. The highest BCUT2D eigenvalue weighted by molar-refractivity contribution is 7.26. The molecule has 0 amide bonds. The highest BCUT2D eigenvalue weighted by Crippen LogP contribution is 2.43. The Labute approximate surface area is 292 Å².